The fourth-order valence-electron chi connectivity index (χ4n) is 1.37. The first-order chi connectivity index (χ1) is 8.06. The average Bonchev–Trinajstić information content (AvgIpc) is 2.25. The van der Waals surface area contributed by atoms with Crippen LogP contribution in [0.2, 0.25) is 5.02 Å². The molecule has 1 atom stereocenters. The Hall–Kier alpha value is -0.620. The lowest BCUT2D eigenvalue weighted by molar-refractivity contribution is -0.139. The van der Waals surface area contributed by atoms with Gasteiger partial charge in [-0.3, -0.25) is 10.1 Å². The van der Waals surface area contributed by atoms with Crippen LogP contribution in [0.4, 0.5) is 0 Å². The third-order valence-corrected chi connectivity index (χ3v) is 3.00. The summed E-state index contributed by atoms with van der Waals surface area (Å²) in [6, 6.07) is 4.29. The van der Waals surface area contributed by atoms with Crippen LogP contribution in [-0.2, 0) is 9.53 Å². The predicted octanol–water partition coefficient (Wildman–Crippen LogP) is 2.46. The molecule has 0 spiro atoms. The van der Waals surface area contributed by atoms with Crippen molar-refractivity contribution in [2.75, 3.05) is 20.3 Å². The summed E-state index contributed by atoms with van der Waals surface area (Å²) >= 11 is 9.29. The van der Waals surface area contributed by atoms with Crippen molar-refractivity contribution in [2.45, 2.75) is 6.04 Å². The third-order valence-electron chi connectivity index (χ3n) is 2.18. The van der Waals surface area contributed by atoms with Gasteiger partial charge in [-0.2, -0.15) is 0 Å². The molecule has 0 amide bonds. The van der Waals surface area contributed by atoms with Gasteiger partial charge in [-0.05, 0) is 17.7 Å². The smallest absolute Gasteiger partial charge is 0.325 e. The lowest BCUT2D eigenvalue weighted by Crippen LogP contribution is -2.31. The molecule has 1 aromatic rings. The first-order valence-corrected chi connectivity index (χ1v) is 6.13. The van der Waals surface area contributed by atoms with Crippen molar-refractivity contribution in [2.24, 2.45) is 0 Å². The van der Waals surface area contributed by atoms with E-state index >= 15 is 0 Å². The molecule has 17 heavy (non-hydrogen) atoms. The molecule has 1 rings (SSSR count). The maximum Gasteiger partial charge on any atom is 0.325 e. The summed E-state index contributed by atoms with van der Waals surface area (Å²) < 4.78 is 5.67. The SMILES string of the molecule is COCCNC(C(=O)O)c1ccc(Br)cc1Cl. The van der Waals surface area contributed by atoms with Crippen LogP contribution in [0.5, 0.6) is 0 Å². The van der Waals surface area contributed by atoms with Crippen molar-refractivity contribution in [1.29, 1.82) is 0 Å². The topological polar surface area (TPSA) is 58.6 Å². The number of ether oxygens (including phenoxy) is 1. The van der Waals surface area contributed by atoms with Crippen molar-refractivity contribution >= 4 is 33.5 Å². The summed E-state index contributed by atoms with van der Waals surface area (Å²) in [6.45, 7) is 0.887. The molecule has 0 radical (unpaired) electrons. The molecule has 0 aromatic heterocycles. The van der Waals surface area contributed by atoms with Crippen molar-refractivity contribution in [3.8, 4) is 0 Å². The summed E-state index contributed by atoms with van der Waals surface area (Å²) in [5.74, 6) is -0.967. The number of carbonyl (C=O) groups is 1. The lowest BCUT2D eigenvalue weighted by Gasteiger charge is -2.16. The molecule has 94 valence electrons. The largest absolute Gasteiger partial charge is 0.480 e. The van der Waals surface area contributed by atoms with Gasteiger partial charge in [0, 0.05) is 23.1 Å². The van der Waals surface area contributed by atoms with Gasteiger partial charge >= 0.3 is 5.97 Å². The number of hydrogen-bond acceptors (Lipinski definition) is 3. The summed E-state index contributed by atoms with van der Waals surface area (Å²) in [4.78, 5) is 11.2. The van der Waals surface area contributed by atoms with Crippen LogP contribution in [0.25, 0.3) is 0 Å². The van der Waals surface area contributed by atoms with E-state index < -0.39 is 12.0 Å². The third kappa shape index (κ3) is 4.27. The molecule has 0 fully saturated rings. The van der Waals surface area contributed by atoms with E-state index in [2.05, 4.69) is 21.2 Å². The van der Waals surface area contributed by atoms with Gasteiger partial charge < -0.3 is 9.84 Å². The van der Waals surface area contributed by atoms with E-state index in [0.717, 1.165) is 4.47 Å². The van der Waals surface area contributed by atoms with Crippen LogP contribution in [0.3, 0.4) is 0 Å². The number of halogens is 2. The van der Waals surface area contributed by atoms with Crippen LogP contribution in [-0.4, -0.2) is 31.3 Å². The van der Waals surface area contributed by atoms with Crippen LogP contribution < -0.4 is 5.32 Å². The van der Waals surface area contributed by atoms with Crippen molar-refractivity contribution in [1.82, 2.24) is 5.32 Å². The highest BCUT2D eigenvalue weighted by molar-refractivity contribution is 9.10. The molecule has 0 saturated carbocycles. The van der Waals surface area contributed by atoms with Crippen LogP contribution >= 0.6 is 27.5 Å². The van der Waals surface area contributed by atoms with Gasteiger partial charge in [-0.25, -0.2) is 0 Å². The second-order valence-corrected chi connectivity index (χ2v) is 4.71. The molecule has 0 heterocycles. The van der Waals surface area contributed by atoms with Gasteiger partial charge in [0.15, 0.2) is 0 Å². The number of hydrogen-bond donors (Lipinski definition) is 2. The minimum absolute atomic E-state index is 0.414. The fraction of sp³-hybridized carbons (Fsp3) is 0.364. The zero-order valence-corrected chi connectivity index (χ0v) is 11.6. The zero-order valence-electron chi connectivity index (χ0n) is 9.24. The van der Waals surface area contributed by atoms with Crippen LogP contribution in [0.15, 0.2) is 22.7 Å². The highest BCUT2D eigenvalue weighted by Crippen LogP contribution is 2.26. The second-order valence-electron chi connectivity index (χ2n) is 3.38. The first-order valence-electron chi connectivity index (χ1n) is 4.96. The van der Waals surface area contributed by atoms with E-state index in [-0.39, 0.29) is 0 Å². The summed E-state index contributed by atoms with van der Waals surface area (Å²) in [7, 11) is 1.56. The Bertz CT molecular complexity index is 400. The lowest BCUT2D eigenvalue weighted by atomic mass is 10.1. The quantitative estimate of drug-likeness (QED) is 0.790. The normalized spacial score (nSPS) is 12.4. The highest BCUT2D eigenvalue weighted by atomic mass is 79.9. The predicted molar refractivity (Wildman–Crippen MR) is 69.4 cm³/mol. The van der Waals surface area contributed by atoms with Gasteiger partial charge in [0.1, 0.15) is 6.04 Å². The standard InChI is InChI=1S/C11H13BrClNO3/c1-17-5-4-14-10(11(15)16)8-3-2-7(12)6-9(8)13/h2-3,6,10,14H,4-5H2,1H3,(H,15,16). The molecule has 1 aromatic carbocycles. The Morgan fingerprint density at radius 2 is 2.35 bits per heavy atom. The second kappa shape index (κ2) is 6.96. The van der Waals surface area contributed by atoms with Crippen molar-refractivity contribution in [3.63, 3.8) is 0 Å². The maximum absolute atomic E-state index is 11.2. The minimum atomic E-state index is -0.967. The van der Waals surface area contributed by atoms with Crippen molar-refractivity contribution < 1.29 is 14.6 Å². The maximum atomic E-state index is 11.2. The average molecular weight is 323 g/mol. The van der Waals surface area contributed by atoms with E-state index in [1.807, 2.05) is 0 Å². The molecule has 1 unspecified atom stereocenters. The van der Waals surface area contributed by atoms with E-state index in [1.165, 1.54) is 0 Å². The van der Waals surface area contributed by atoms with E-state index in [9.17, 15) is 4.79 Å². The van der Waals surface area contributed by atoms with Gasteiger partial charge in [-0.15, -0.1) is 0 Å². The zero-order chi connectivity index (χ0) is 12.8. The van der Waals surface area contributed by atoms with E-state index in [4.69, 9.17) is 21.4 Å². The van der Waals surface area contributed by atoms with Crippen LogP contribution in [0, 0.1) is 0 Å². The van der Waals surface area contributed by atoms with Gasteiger partial charge in [0.25, 0.3) is 0 Å². The van der Waals surface area contributed by atoms with Gasteiger partial charge in [0.2, 0.25) is 0 Å². The summed E-state index contributed by atoms with van der Waals surface area (Å²) in [6.07, 6.45) is 0. The van der Waals surface area contributed by atoms with Crippen LogP contribution in [0.1, 0.15) is 11.6 Å². The van der Waals surface area contributed by atoms with Gasteiger partial charge in [0.05, 0.1) is 6.61 Å². The summed E-state index contributed by atoms with van der Waals surface area (Å²) in [5.41, 5.74) is 0.540. The number of carboxylic acid groups (broad SMARTS) is 1. The Balaban J connectivity index is 2.86. The molecule has 6 heteroatoms. The number of rotatable bonds is 6. The molecular formula is C11H13BrClNO3. The molecule has 0 aliphatic carbocycles. The van der Waals surface area contributed by atoms with E-state index in [1.54, 1.807) is 25.3 Å². The summed E-state index contributed by atoms with van der Waals surface area (Å²) in [5, 5.41) is 12.4. The Labute approximate surface area is 113 Å². The molecule has 0 aliphatic heterocycles. The number of nitrogens with one attached hydrogen (secondary N) is 1. The first kappa shape index (κ1) is 14.4. The van der Waals surface area contributed by atoms with E-state index in [0.29, 0.717) is 23.7 Å². The van der Waals surface area contributed by atoms with Crippen molar-refractivity contribution in [3.05, 3.63) is 33.3 Å². The number of aliphatic carboxylic acids is 1. The highest BCUT2D eigenvalue weighted by Gasteiger charge is 2.21. The monoisotopic (exact) mass is 321 g/mol. The fourth-order valence-corrected chi connectivity index (χ4v) is 2.15. The van der Waals surface area contributed by atoms with Gasteiger partial charge in [-0.1, -0.05) is 33.6 Å². The Morgan fingerprint density at radius 1 is 1.65 bits per heavy atom. The number of methoxy groups -OCH3 is 1. The Morgan fingerprint density at radius 3 is 2.88 bits per heavy atom. The molecule has 0 bridgehead atoms. The molecule has 0 saturated heterocycles. The number of carboxylic acids is 1. The molecule has 2 N–H and O–H groups in total. The molecular weight excluding hydrogens is 309 g/mol. The number of benzene rings is 1. The Kier molecular flexibility index (Phi) is 5.91. The molecule has 0 aliphatic rings. The minimum Gasteiger partial charge on any atom is -0.480 e. The molecule has 4 nitrogen and oxygen atoms in total.